The molecule has 3 aromatic carbocycles. The Morgan fingerprint density at radius 2 is 1.50 bits per heavy atom. The topological polar surface area (TPSA) is 46.0 Å². The molecule has 0 aliphatic carbocycles. The van der Waals surface area contributed by atoms with Crippen molar-refractivity contribution in [2.24, 2.45) is 0 Å². The van der Waals surface area contributed by atoms with Gasteiger partial charge in [0.1, 0.15) is 5.75 Å². The second-order valence-corrected chi connectivity index (χ2v) is 9.89. The number of phenols is 1. The van der Waals surface area contributed by atoms with Gasteiger partial charge in [0.25, 0.3) is 0 Å². The van der Waals surface area contributed by atoms with Crippen molar-refractivity contribution in [3.8, 4) is 28.3 Å². The molecule has 5 aromatic rings. The summed E-state index contributed by atoms with van der Waals surface area (Å²) in [5.74, 6) is 0.214. The van der Waals surface area contributed by atoms with Crippen LogP contribution in [0.25, 0.3) is 22.5 Å². The van der Waals surface area contributed by atoms with E-state index in [1.54, 1.807) is 24.0 Å². The quantitative estimate of drug-likeness (QED) is 0.188. The van der Waals surface area contributed by atoms with Crippen LogP contribution in [-0.4, -0.2) is 15.1 Å². The summed E-state index contributed by atoms with van der Waals surface area (Å²) in [7, 11) is 0. The molecule has 0 saturated carbocycles. The van der Waals surface area contributed by atoms with Crippen molar-refractivity contribution in [3.05, 3.63) is 127 Å². The number of phenolic OH excluding ortho intramolecular Hbond substituents is 1. The molecule has 0 atom stereocenters. The SMILES string of the molecule is CC(C)(c1ccccc1)c1ccc(O)c(-c2cccc(-c3[c-]c(Sc4ccccn4)ccc3)n2)c1.[Pt]. The van der Waals surface area contributed by atoms with Gasteiger partial charge in [-0.2, -0.15) is 0 Å². The fourth-order valence-electron chi connectivity index (χ4n) is 4.06. The molecule has 5 heteroatoms. The van der Waals surface area contributed by atoms with E-state index in [9.17, 15) is 5.11 Å². The van der Waals surface area contributed by atoms with E-state index in [4.69, 9.17) is 4.98 Å². The molecule has 0 amide bonds. The van der Waals surface area contributed by atoms with E-state index in [1.165, 1.54) is 5.56 Å². The molecule has 0 saturated heterocycles. The van der Waals surface area contributed by atoms with Crippen molar-refractivity contribution in [1.82, 2.24) is 9.97 Å². The summed E-state index contributed by atoms with van der Waals surface area (Å²) in [4.78, 5) is 10.3. The van der Waals surface area contributed by atoms with Gasteiger partial charge in [-0.1, -0.05) is 85.1 Å². The van der Waals surface area contributed by atoms with E-state index in [1.807, 2.05) is 72.8 Å². The second-order valence-electron chi connectivity index (χ2n) is 8.83. The molecule has 2 aromatic heterocycles. The van der Waals surface area contributed by atoms with E-state index in [2.05, 4.69) is 49.2 Å². The van der Waals surface area contributed by atoms with Crippen molar-refractivity contribution in [2.75, 3.05) is 0 Å². The monoisotopic (exact) mass is 668 g/mol. The van der Waals surface area contributed by atoms with E-state index >= 15 is 0 Å². The third-order valence-electron chi connectivity index (χ3n) is 6.14. The maximum absolute atomic E-state index is 10.7. The molecule has 3 nitrogen and oxygen atoms in total. The van der Waals surface area contributed by atoms with E-state index < -0.39 is 0 Å². The summed E-state index contributed by atoms with van der Waals surface area (Å²) in [6.07, 6.45) is 1.79. The van der Waals surface area contributed by atoms with Crippen LogP contribution in [0, 0.1) is 6.07 Å². The van der Waals surface area contributed by atoms with Crippen LogP contribution in [0.4, 0.5) is 0 Å². The zero-order valence-electron chi connectivity index (χ0n) is 20.0. The van der Waals surface area contributed by atoms with Crippen LogP contribution < -0.4 is 0 Å². The van der Waals surface area contributed by atoms with Crippen LogP contribution in [0.2, 0.25) is 0 Å². The van der Waals surface area contributed by atoms with Crippen LogP contribution in [0.5, 0.6) is 5.75 Å². The molecule has 0 aliphatic rings. The van der Waals surface area contributed by atoms with E-state index in [0.29, 0.717) is 5.56 Å². The predicted molar refractivity (Wildman–Crippen MR) is 143 cm³/mol. The Kier molecular flexibility index (Phi) is 8.08. The molecule has 0 unspecified atom stereocenters. The normalized spacial score (nSPS) is 11.1. The van der Waals surface area contributed by atoms with Gasteiger partial charge in [-0.15, -0.1) is 29.8 Å². The Balaban J connectivity index is 0.00000304. The number of hydrogen-bond donors (Lipinski definition) is 1. The maximum Gasteiger partial charge on any atom is 0.124 e. The Hall–Kier alpha value is -3.20. The Morgan fingerprint density at radius 1 is 0.750 bits per heavy atom. The summed E-state index contributed by atoms with van der Waals surface area (Å²) in [6, 6.07) is 37.4. The number of hydrogen-bond acceptors (Lipinski definition) is 4. The molecular formula is C31H25N2OPtS-. The first kappa shape index (κ1) is 25.9. The number of aromatic hydroxyl groups is 1. The molecule has 1 N–H and O–H groups in total. The second kappa shape index (κ2) is 11.2. The molecule has 0 fully saturated rings. The van der Waals surface area contributed by atoms with Gasteiger partial charge in [0.2, 0.25) is 0 Å². The average molecular weight is 669 g/mol. The van der Waals surface area contributed by atoms with Crippen molar-refractivity contribution in [1.29, 1.82) is 0 Å². The van der Waals surface area contributed by atoms with Crippen molar-refractivity contribution in [3.63, 3.8) is 0 Å². The summed E-state index contributed by atoms with van der Waals surface area (Å²) < 4.78 is 0. The minimum absolute atomic E-state index is 0. The number of aromatic nitrogens is 2. The third kappa shape index (κ3) is 5.61. The summed E-state index contributed by atoms with van der Waals surface area (Å²) >= 11 is 1.57. The Morgan fingerprint density at radius 3 is 2.28 bits per heavy atom. The molecule has 2 heterocycles. The summed E-state index contributed by atoms with van der Waals surface area (Å²) in [5.41, 5.74) is 5.26. The summed E-state index contributed by atoms with van der Waals surface area (Å²) in [6.45, 7) is 4.39. The van der Waals surface area contributed by atoms with Gasteiger partial charge in [-0.05, 0) is 47.2 Å². The van der Waals surface area contributed by atoms with Crippen molar-refractivity contribution < 1.29 is 26.2 Å². The van der Waals surface area contributed by atoms with Crippen LogP contribution in [0.1, 0.15) is 25.0 Å². The smallest absolute Gasteiger partial charge is 0.124 e. The first-order valence-electron chi connectivity index (χ1n) is 11.5. The molecule has 0 aliphatic heterocycles. The Bertz CT molecular complexity index is 1460. The van der Waals surface area contributed by atoms with Crippen molar-refractivity contribution in [2.45, 2.75) is 29.2 Å². The fraction of sp³-hybridized carbons (Fsp3) is 0.0968. The van der Waals surface area contributed by atoms with E-state index in [-0.39, 0.29) is 32.2 Å². The number of pyridine rings is 2. The first-order chi connectivity index (χ1) is 17.0. The van der Waals surface area contributed by atoms with Gasteiger partial charge in [0, 0.05) is 38.2 Å². The Labute approximate surface area is 230 Å². The molecule has 0 radical (unpaired) electrons. The minimum Gasteiger partial charge on any atom is -0.507 e. The van der Waals surface area contributed by atoms with Gasteiger partial charge in [-0.3, -0.25) is 4.98 Å². The largest absolute Gasteiger partial charge is 0.507 e. The number of rotatable bonds is 6. The molecule has 0 bridgehead atoms. The van der Waals surface area contributed by atoms with Gasteiger partial charge >= 0.3 is 0 Å². The van der Waals surface area contributed by atoms with Crippen LogP contribution in [0.3, 0.4) is 0 Å². The molecule has 182 valence electrons. The van der Waals surface area contributed by atoms with Crippen LogP contribution in [-0.2, 0) is 26.5 Å². The van der Waals surface area contributed by atoms with Gasteiger partial charge in [-0.25, -0.2) is 4.98 Å². The molecule has 36 heavy (non-hydrogen) atoms. The van der Waals surface area contributed by atoms with Crippen LogP contribution >= 0.6 is 11.8 Å². The van der Waals surface area contributed by atoms with Gasteiger partial charge in [0.15, 0.2) is 0 Å². The zero-order valence-corrected chi connectivity index (χ0v) is 23.0. The van der Waals surface area contributed by atoms with E-state index in [0.717, 1.165) is 32.4 Å². The maximum atomic E-state index is 10.7. The summed E-state index contributed by atoms with van der Waals surface area (Å²) in [5, 5.41) is 11.7. The number of nitrogens with zero attached hydrogens (tertiary/aromatic N) is 2. The van der Waals surface area contributed by atoms with Crippen LogP contribution in [0.15, 0.2) is 119 Å². The molecule has 5 rings (SSSR count). The van der Waals surface area contributed by atoms with Gasteiger partial charge < -0.3 is 5.11 Å². The minimum atomic E-state index is -0.216. The number of benzene rings is 3. The van der Waals surface area contributed by atoms with Crippen molar-refractivity contribution >= 4 is 11.8 Å². The molecule has 0 spiro atoms. The fourth-order valence-corrected chi connectivity index (χ4v) is 4.86. The standard InChI is InChI=1S/C31H25N2OS.Pt/c1-31(2,23-11-4-3-5-12-23)24-17-18-29(34)26(21-24)28-15-9-14-27(33-28)22-10-8-13-25(20-22)35-30-16-6-7-19-32-30;/h3-19,21,34H,1-2H3;/q-1;. The average Bonchev–Trinajstić information content (AvgIpc) is 2.90. The third-order valence-corrected chi connectivity index (χ3v) is 7.04. The zero-order chi connectivity index (χ0) is 24.3. The molecular weight excluding hydrogens is 643 g/mol. The first-order valence-corrected chi connectivity index (χ1v) is 12.3. The predicted octanol–water partition coefficient (Wildman–Crippen LogP) is 7.79. The van der Waals surface area contributed by atoms with Gasteiger partial charge in [0.05, 0.1) is 10.7 Å².